The normalized spacial score (nSPS) is 11.9. The standard InChI is InChI=1S/C40H24O/c1-2-8-25(9-3-1)30-20-16-26-19-23-35-31(21-17-27-18-22-34(30)38(26)39(27)35)28-10-6-11-29(24-28)32-13-7-14-36-33-12-4-5-15-37(33)41-40(32)36/h1-24H. The molecule has 1 heteroatoms. The molecule has 8 aromatic carbocycles. The highest BCUT2D eigenvalue weighted by atomic mass is 16.3. The predicted molar refractivity (Wildman–Crippen MR) is 174 cm³/mol. The van der Waals surface area contributed by atoms with E-state index in [1.807, 2.05) is 12.1 Å². The molecule has 1 heterocycles. The highest BCUT2D eigenvalue weighted by molar-refractivity contribution is 6.27. The molecule has 0 aliphatic carbocycles. The Morgan fingerprint density at radius 3 is 1.66 bits per heavy atom. The Kier molecular flexibility index (Phi) is 4.67. The molecule has 0 atom stereocenters. The molecular weight excluding hydrogens is 496 g/mol. The monoisotopic (exact) mass is 520 g/mol. The van der Waals surface area contributed by atoms with Gasteiger partial charge in [0.25, 0.3) is 0 Å². The third kappa shape index (κ3) is 3.30. The molecule has 0 saturated carbocycles. The van der Waals surface area contributed by atoms with Crippen molar-refractivity contribution in [2.45, 2.75) is 0 Å². The second-order valence-electron chi connectivity index (χ2n) is 10.9. The van der Waals surface area contributed by atoms with E-state index in [1.165, 1.54) is 54.6 Å². The summed E-state index contributed by atoms with van der Waals surface area (Å²) in [5.74, 6) is 0. The maximum absolute atomic E-state index is 6.38. The lowest BCUT2D eigenvalue weighted by atomic mass is 9.87. The Morgan fingerprint density at radius 2 is 0.902 bits per heavy atom. The maximum atomic E-state index is 6.38. The van der Waals surface area contributed by atoms with Crippen LogP contribution in [0.3, 0.4) is 0 Å². The van der Waals surface area contributed by atoms with Gasteiger partial charge in [-0.1, -0.05) is 133 Å². The Bertz CT molecular complexity index is 2410. The summed E-state index contributed by atoms with van der Waals surface area (Å²) < 4.78 is 6.38. The fraction of sp³-hybridized carbons (Fsp3) is 0. The van der Waals surface area contributed by atoms with E-state index in [2.05, 4.69) is 133 Å². The van der Waals surface area contributed by atoms with Crippen molar-refractivity contribution in [2.75, 3.05) is 0 Å². The van der Waals surface area contributed by atoms with Crippen molar-refractivity contribution < 1.29 is 4.42 Å². The summed E-state index contributed by atoms with van der Waals surface area (Å²) in [7, 11) is 0. The van der Waals surface area contributed by atoms with Gasteiger partial charge in [-0.15, -0.1) is 0 Å². The number of furan rings is 1. The molecular formula is C40H24O. The van der Waals surface area contributed by atoms with Crippen molar-refractivity contribution in [3.63, 3.8) is 0 Å². The van der Waals surface area contributed by atoms with Gasteiger partial charge in [0.2, 0.25) is 0 Å². The summed E-state index contributed by atoms with van der Waals surface area (Å²) >= 11 is 0. The molecule has 41 heavy (non-hydrogen) atoms. The smallest absolute Gasteiger partial charge is 0.143 e. The van der Waals surface area contributed by atoms with E-state index in [9.17, 15) is 0 Å². The van der Waals surface area contributed by atoms with Gasteiger partial charge < -0.3 is 4.42 Å². The summed E-state index contributed by atoms with van der Waals surface area (Å²) in [5, 5.41) is 10.1. The number of fused-ring (bicyclic) bond motifs is 3. The minimum Gasteiger partial charge on any atom is -0.455 e. The molecule has 1 nitrogen and oxygen atoms in total. The fourth-order valence-electron chi connectivity index (χ4n) is 6.75. The van der Waals surface area contributed by atoms with Crippen LogP contribution in [0.25, 0.3) is 87.6 Å². The molecule has 0 aliphatic rings. The number of benzene rings is 8. The topological polar surface area (TPSA) is 13.1 Å². The Hall–Kier alpha value is -5.40. The zero-order chi connectivity index (χ0) is 26.9. The first-order chi connectivity index (χ1) is 20.3. The summed E-state index contributed by atoms with van der Waals surface area (Å²) in [4.78, 5) is 0. The van der Waals surface area contributed by atoms with Crippen LogP contribution in [0, 0.1) is 0 Å². The fourth-order valence-corrected chi connectivity index (χ4v) is 6.75. The van der Waals surface area contributed by atoms with E-state index in [1.54, 1.807) is 0 Å². The third-order valence-corrected chi connectivity index (χ3v) is 8.64. The second kappa shape index (κ2) is 8.55. The highest BCUT2D eigenvalue weighted by Crippen LogP contribution is 2.43. The molecule has 0 fully saturated rings. The molecule has 0 unspecified atom stereocenters. The van der Waals surface area contributed by atoms with Crippen LogP contribution in [0.15, 0.2) is 150 Å². The van der Waals surface area contributed by atoms with Gasteiger partial charge in [-0.2, -0.15) is 0 Å². The van der Waals surface area contributed by atoms with Gasteiger partial charge in [0.05, 0.1) is 0 Å². The van der Waals surface area contributed by atoms with E-state index in [4.69, 9.17) is 4.42 Å². The van der Waals surface area contributed by atoms with Crippen molar-refractivity contribution in [3.05, 3.63) is 146 Å². The summed E-state index contributed by atoms with van der Waals surface area (Å²) in [6.07, 6.45) is 0. The van der Waals surface area contributed by atoms with Gasteiger partial charge in [0.1, 0.15) is 11.2 Å². The van der Waals surface area contributed by atoms with Gasteiger partial charge in [0, 0.05) is 16.3 Å². The average molecular weight is 521 g/mol. The van der Waals surface area contributed by atoms with Crippen LogP contribution in [0.2, 0.25) is 0 Å². The van der Waals surface area contributed by atoms with E-state index in [0.29, 0.717) is 0 Å². The van der Waals surface area contributed by atoms with Crippen molar-refractivity contribution in [1.29, 1.82) is 0 Å². The van der Waals surface area contributed by atoms with Crippen LogP contribution in [-0.4, -0.2) is 0 Å². The molecule has 0 N–H and O–H groups in total. The molecule has 0 aliphatic heterocycles. The number of hydrogen-bond acceptors (Lipinski definition) is 1. The zero-order valence-corrected chi connectivity index (χ0v) is 22.3. The summed E-state index contributed by atoms with van der Waals surface area (Å²) in [5.41, 5.74) is 9.11. The zero-order valence-electron chi connectivity index (χ0n) is 22.3. The Labute approximate surface area is 237 Å². The highest BCUT2D eigenvalue weighted by Gasteiger charge is 2.16. The number of para-hydroxylation sites is 2. The molecule has 1 aromatic heterocycles. The van der Waals surface area contributed by atoms with Crippen molar-refractivity contribution in [2.24, 2.45) is 0 Å². The SMILES string of the molecule is c1ccc(-c2ccc3ccc4c(-c5cccc(-c6cccc7c6oc6ccccc67)c5)ccc5ccc2c3c54)cc1. The Morgan fingerprint density at radius 1 is 0.341 bits per heavy atom. The summed E-state index contributed by atoms with van der Waals surface area (Å²) in [6.45, 7) is 0. The van der Waals surface area contributed by atoms with Gasteiger partial charge in [-0.05, 0) is 72.3 Å². The third-order valence-electron chi connectivity index (χ3n) is 8.64. The lowest BCUT2D eigenvalue weighted by molar-refractivity contribution is 0.670. The number of rotatable bonds is 3. The van der Waals surface area contributed by atoms with Crippen molar-refractivity contribution in [3.8, 4) is 33.4 Å². The molecule has 0 spiro atoms. The predicted octanol–water partition coefficient (Wildman–Crippen LogP) is 11.5. The summed E-state index contributed by atoms with van der Waals surface area (Å²) in [6, 6.07) is 52.6. The second-order valence-corrected chi connectivity index (χ2v) is 10.9. The van der Waals surface area contributed by atoms with Crippen molar-refractivity contribution >= 4 is 54.3 Å². The molecule has 0 bridgehead atoms. The van der Waals surface area contributed by atoms with Gasteiger partial charge >= 0.3 is 0 Å². The lowest BCUT2D eigenvalue weighted by Gasteiger charge is -2.17. The molecule has 190 valence electrons. The van der Waals surface area contributed by atoms with E-state index < -0.39 is 0 Å². The minimum atomic E-state index is 0.924. The first kappa shape index (κ1) is 22.4. The molecule has 0 radical (unpaired) electrons. The van der Waals surface area contributed by atoms with Crippen LogP contribution < -0.4 is 0 Å². The molecule has 0 saturated heterocycles. The quantitative estimate of drug-likeness (QED) is 0.211. The van der Waals surface area contributed by atoms with Crippen LogP contribution in [0.5, 0.6) is 0 Å². The van der Waals surface area contributed by atoms with E-state index >= 15 is 0 Å². The molecule has 9 aromatic rings. The lowest BCUT2D eigenvalue weighted by Crippen LogP contribution is -1.89. The van der Waals surface area contributed by atoms with E-state index in [-0.39, 0.29) is 0 Å². The molecule has 0 amide bonds. The first-order valence-corrected chi connectivity index (χ1v) is 14.1. The van der Waals surface area contributed by atoms with Crippen LogP contribution in [-0.2, 0) is 0 Å². The van der Waals surface area contributed by atoms with Gasteiger partial charge in [-0.3, -0.25) is 0 Å². The van der Waals surface area contributed by atoms with Gasteiger partial charge in [0.15, 0.2) is 0 Å². The van der Waals surface area contributed by atoms with Crippen LogP contribution in [0.1, 0.15) is 0 Å². The van der Waals surface area contributed by atoms with E-state index in [0.717, 1.165) is 33.1 Å². The van der Waals surface area contributed by atoms with Crippen LogP contribution in [0.4, 0.5) is 0 Å². The van der Waals surface area contributed by atoms with Crippen molar-refractivity contribution in [1.82, 2.24) is 0 Å². The minimum absolute atomic E-state index is 0.924. The largest absolute Gasteiger partial charge is 0.455 e. The molecule has 9 rings (SSSR count). The Balaban J connectivity index is 1.27. The maximum Gasteiger partial charge on any atom is 0.143 e. The van der Waals surface area contributed by atoms with Gasteiger partial charge in [-0.25, -0.2) is 0 Å². The number of hydrogen-bond donors (Lipinski definition) is 0. The average Bonchev–Trinajstić information content (AvgIpc) is 3.43. The first-order valence-electron chi connectivity index (χ1n) is 14.1. The van der Waals surface area contributed by atoms with Crippen LogP contribution >= 0.6 is 0 Å².